The molecule has 1 fully saturated rings. The summed E-state index contributed by atoms with van der Waals surface area (Å²) in [6, 6.07) is 3.63. The highest BCUT2D eigenvalue weighted by Crippen LogP contribution is 2.32. The molecule has 7 heteroatoms. The van der Waals surface area contributed by atoms with Crippen LogP contribution in [0.1, 0.15) is 37.9 Å². The molecule has 0 radical (unpaired) electrons. The van der Waals surface area contributed by atoms with Gasteiger partial charge in [-0.15, -0.1) is 0 Å². The maximum absolute atomic E-state index is 13.1. The molecule has 2 aliphatic rings. The summed E-state index contributed by atoms with van der Waals surface area (Å²) in [4.78, 5) is 31.8. The van der Waals surface area contributed by atoms with Crippen LogP contribution in [0.25, 0.3) is 0 Å². The largest absolute Gasteiger partial charge is 0.467 e. The molecule has 7 nitrogen and oxygen atoms in total. The molecule has 1 aliphatic carbocycles. The van der Waals surface area contributed by atoms with Crippen LogP contribution in [-0.4, -0.2) is 39.4 Å². The van der Waals surface area contributed by atoms with E-state index in [0.717, 1.165) is 24.8 Å². The number of hydrogen-bond acceptors (Lipinski definition) is 4. The molecule has 2 aromatic heterocycles. The van der Waals surface area contributed by atoms with E-state index in [1.807, 2.05) is 21.7 Å². The maximum Gasteiger partial charge on any atom is 0.249 e. The van der Waals surface area contributed by atoms with Crippen LogP contribution < -0.4 is 5.32 Å². The standard InChI is InChI=1S/C20H24N4O3/c25-18(16-4-1-2-5-16)23-10-7-20(8-11-23,24-12-9-21-15-24)19(26)22-14-17-6-3-13-27-17/h3-4,6,9,12-13,15H,1-2,5,7-8,10-11,14H2,(H,22,26). The molecule has 0 bridgehead atoms. The lowest BCUT2D eigenvalue weighted by Gasteiger charge is -2.41. The van der Waals surface area contributed by atoms with Gasteiger partial charge in [0.15, 0.2) is 0 Å². The number of hydrogen-bond donors (Lipinski definition) is 1. The molecule has 2 amide bonds. The third kappa shape index (κ3) is 3.41. The monoisotopic (exact) mass is 368 g/mol. The highest BCUT2D eigenvalue weighted by atomic mass is 16.3. The molecule has 27 heavy (non-hydrogen) atoms. The number of likely N-dealkylation sites (tertiary alicyclic amines) is 1. The number of amides is 2. The molecule has 3 heterocycles. The lowest BCUT2D eigenvalue weighted by Crippen LogP contribution is -2.55. The van der Waals surface area contributed by atoms with Crippen molar-refractivity contribution in [2.75, 3.05) is 13.1 Å². The van der Waals surface area contributed by atoms with Gasteiger partial charge in [0.1, 0.15) is 11.3 Å². The summed E-state index contributed by atoms with van der Waals surface area (Å²) in [6.45, 7) is 1.46. The van der Waals surface area contributed by atoms with Gasteiger partial charge in [-0.2, -0.15) is 0 Å². The Morgan fingerprint density at radius 3 is 2.78 bits per heavy atom. The molecule has 0 saturated carbocycles. The highest BCUT2D eigenvalue weighted by Gasteiger charge is 2.44. The molecule has 1 N–H and O–H groups in total. The van der Waals surface area contributed by atoms with E-state index in [9.17, 15) is 9.59 Å². The Morgan fingerprint density at radius 1 is 1.30 bits per heavy atom. The van der Waals surface area contributed by atoms with E-state index in [2.05, 4.69) is 16.4 Å². The van der Waals surface area contributed by atoms with Crippen molar-refractivity contribution in [3.8, 4) is 0 Å². The Bertz CT molecular complexity index is 816. The Hall–Kier alpha value is -2.83. The van der Waals surface area contributed by atoms with Gasteiger partial charge in [0, 0.05) is 31.1 Å². The Balaban J connectivity index is 1.47. The number of nitrogens with one attached hydrogen (secondary N) is 1. The lowest BCUT2D eigenvalue weighted by atomic mass is 9.85. The summed E-state index contributed by atoms with van der Waals surface area (Å²) in [5, 5.41) is 2.99. The highest BCUT2D eigenvalue weighted by molar-refractivity contribution is 5.94. The number of allylic oxidation sites excluding steroid dienone is 1. The molecular formula is C20H24N4O3. The zero-order valence-corrected chi connectivity index (χ0v) is 15.3. The minimum Gasteiger partial charge on any atom is -0.467 e. The molecule has 1 aliphatic heterocycles. The minimum atomic E-state index is -0.732. The van der Waals surface area contributed by atoms with Crippen molar-refractivity contribution in [3.63, 3.8) is 0 Å². The number of piperidine rings is 1. The fourth-order valence-electron chi connectivity index (χ4n) is 4.01. The maximum atomic E-state index is 13.1. The third-order valence-corrected chi connectivity index (χ3v) is 5.62. The van der Waals surface area contributed by atoms with Crippen LogP contribution in [0.3, 0.4) is 0 Å². The molecule has 0 unspecified atom stereocenters. The Labute approximate surface area is 158 Å². The van der Waals surface area contributed by atoms with Crippen LogP contribution >= 0.6 is 0 Å². The SMILES string of the molecule is O=C(C1=CCCC1)N1CCC(C(=O)NCc2ccco2)(n2ccnc2)CC1. The van der Waals surface area contributed by atoms with E-state index in [1.54, 1.807) is 24.9 Å². The van der Waals surface area contributed by atoms with Crippen molar-refractivity contribution in [3.05, 3.63) is 54.5 Å². The van der Waals surface area contributed by atoms with Gasteiger partial charge in [-0.25, -0.2) is 4.98 Å². The average molecular weight is 368 g/mol. The smallest absolute Gasteiger partial charge is 0.249 e. The van der Waals surface area contributed by atoms with Crippen LogP contribution in [0.5, 0.6) is 0 Å². The predicted octanol–water partition coefficient (Wildman–Crippen LogP) is 2.22. The summed E-state index contributed by atoms with van der Waals surface area (Å²) in [6.07, 6.45) is 12.9. The van der Waals surface area contributed by atoms with Crippen molar-refractivity contribution in [1.82, 2.24) is 19.8 Å². The molecule has 142 valence electrons. The van der Waals surface area contributed by atoms with E-state index in [0.29, 0.717) is 38.2 Å². The molecule has 0 atom stereocenters. The zero-order chi connectivity index (χ0) is 18.7. The van der Waals surface area contributed by atoms with Gasteiger partial charge in [-0.1, -0.05) is 6.08 Å². The molecule has 1 saturated heterocycles. The number of furan rings is 1. The van der Waals surface area contributed by atoms with Gasteiger partial charge in [0.25, 0.3) is 0 Å². The number of rotatable bonds is 5. The van der Waals surface area contributed by atoms with Gasteiger partial charge in [-0.3, -0.25) is 9.59 Å². The van der Waals surface area contributed by atoms with Crippen LogP contribution in [0, 0.1) is 0 Å². The van der Waals surface area contributed by atoms with Gasteiger partial charge in [0.05, 0.1) is 19.1 Å². The first kappa shape index (κ1) is 17.6. The number of carbonyl (C=O) groups is 2. The minimum absolute atomic E-state index is 0.0657. The second-order valence-corrected chi connectivity index (χ2v) is 7.18. The van der Waals surface area contributed by atoms with E-state index in [-0.39, 0.29) is 11.8 Å². The number of nitrogens with zero attached hydrogens (tertiary/aromatic N) is 3. The van der Waals surface area contributed by atoms with Crippen molar-refractivity contribution >= 4 is 11.8 Å². The molecule has 0 spiro atoms. The van der Waals surface area contributed by atoms with E-state index in [1.165, 1.54) is 0 Å². The van der Waals surface area contributed by atoms with E-state index in [4.69, 9.17) is 4.42 Å². The van der Waals surface area contributed by atoms with E-state index < -0.39 is 5.54 Å². The second kappa shape index (κ2) is 7.42. The van der Waals surface area contributed by atoms with Crippen LogP contribution in [0.4, 0.5) is 0 Å². The summed E-state index contributed by atoms with van der Waals surface area (Å²) in [5.41, 5.74) is 0.191. The second-order valence-electron chi connectivity index (χ2n) is 7.18. The van der Waals surface area contributed by atoms with Crippen molar-refractivity contribution in [2.45, 2.75) is 44.2 Å². The topological polar surface area (TPSA) is 80.4 Å². The molecule has 4 rings (SSSR count). The molecular weight excluding hydrogens is 344 g/mol. The summed E-state index contributed by atoms with van der Waals surface area (Å²) in [5.74, 6) is 0.775. The van der Waals surface area contributed by atoms with Gasteiger partial charge in [-0.05, 0) is 44.2 Å². The van der Waals surface area contributed by atoms with Crippen LogP contribution in [-0.2, 0) is 21.7 Å². The zero-order valence-electron chi connectivity index (χ0n) is 15.3. The number of aromatic nitrogens is 2. The number of carbonyl (C=O) groups excluding carboxylic acids is 2. The lowest BCUT2D eigenvalue weighted by molar-refractivity contribution is -0.137. The fourth-order valence-corrected chi connectivity index (χ4v) is 4.01. The predicted molar refractivity (Wildman–Crippen MR) is 98.5 cm³/mol. The van der Waals surface area contributed by atoms with Gasteiger partial charge in [0.2, 0.25) is 11.8 Å². The molecule has 2 aromatic rings. The Morgan fingerprint density at radius 2 is 2.15 bits per heavy atom. The summed E-state index contributed by atoms with van der Waals surface area (Å²) >= 11 is 0. The fraction of sp³-hybridized carbons (Fsp3) is 0.450. The quantitative estimate of drug-likeness (QED) is 0.878. The van der Waals surface area contributed by atoms with Crippen molar-refractivity contribution < 1.29 is 14.0 Å². The number of imidazole rings is 1. The normalized spacial score (nSPS) is 19.0. The summed E-state index contributed by atoms with van der Waals surface area (Å²) in [7, 11) is 0. The van der Waals surface area contributed by atoms with Gasteiger partial charge >= 0.3 is 0 Å². The van der Waals surface area contributed by atoms with Gasteiger partial charge < -0.3 is 19.2 Å². The Kier molecular flexibility index (Phi) is 4.83. The van der Waals surface area contributed by atoms with E-state index >= 15 is 0 Å². The summed E-state index contributed by atoms with van der Waals surface area (Å²) < 4.78 is 7.18. The van der Waals surface area contributed by atoms with Crippen molar-refractivity contribution in [2.24, 2.45) is 0 Å². The first-order valence-corrected chi connectivity index (χ1v) is 9.46. The third-order valence-electron chi connectivity index (χ3n) is 5.62. The van der Waals surface area contributed by atoms with Crippen molar-refractivity contribution in [1.29, 1.82) is 0 Å². The van der Waals surface area contributed by atoms with Crippen LogP contribution in [0.2, 0.25) is 0 Å². The molecule has 0 aromatic carbocycles. The first-order chi connectivity index (χ1) is 13.2. The van der Waals surface area contributed by atoms with Crippen LogP contribution in [0.15, 0.2) is 53.2 Å². The first-order valence-electron chi connectivity index (χ1n) is 9.46. The average Bonchev–Trinajstić information content (AvgIpc) is 3.48.